The Morgan fingerprint density at radius 2 is 2.26 bits per heavy atom. The highest BCUT2D eigenvalue weighted by atomic mass is 32.1. The molecule has 0 spiro atoms. The highest BCUT2D eigenvalue weighted by Crippen LogP contribution is 2.17. The smallest absolute Gasteiger partial charge is 0.115 e. The molecule has 0 amide bonds. The fraction of sp³-hybridized carbons (Fsp3) is 0.538. The summed E-state index contributed by atoms with van der Waals surface area (Å²) in [5.41, 5.74) is 2.16. The van der Waals surface area contributed by atoms with Crippen LogP contribution in [0.1, 0.15) is 21.3 Å². The van der Waals surface area contributed by atoms with Crippen molar-refractivity contribution in [2.45, 2.75) is 26.9 Å². The van der Waals surface area contributed by atoms with Crippen LogP contribution in [0.15, 0.2) is 12.3 Å². The summed E-state index contributed by atoms with van der Waals surface area (Å²) < 4.78 is 6.92. The molecular weight excluding hydrogens is 260 g/mol. The van der Waals surface area contributed by atoms with E-state index in [-0.39, 0.29) is 0 Å². The zero-order chi connectivity index (χ0) is 13.7. The average molecular weight is 280 g/mol. The van der Waals surface area contributed by atoms with E-state index in [1.54, 1.807) is 18.4 Å². The van der Waals surface area contributed by atoms with E-state index < -0.39 is 0 Å². The first kappa shape index (κ1) is 14.2. The van der Waals surface area contributed by atoms with Crippen LogP contribution in [0.2, 0.25) is 0 Å². The molecule has 19 heavy (non-hydrogen) atoms. The van der Waals surface area contributed by atoms with E-state index >= 15 is 0 Å². The highest BCUT2D eigenvalue weighted by Gasteiger charge is 2.05. The summed E-state index contributed by atoms with van der Waals surface area (Å²) in [6.07, 6.45) is 2.00. The third-order valence-electron chi connectivity index (χ3n) is 2.86. The van der Waals surface area contributed by atoms with Gasteiger partial charge in [-0.1, -0.05) is 0 Å². The zero-order valence-corrected chi connectivity index (χ0v) is 12.5. The molecule has 0 atom stereocenters. The topological polar surface area (TPSA) is 52.0 Å². The van der Waals surface area contributed by atoms with Crippen molar-refractivity contribution in [3.63, 3.8) is 0 Å². The quantitative estimate of drug-likeness (QED) is 0.785. The van der Waals surface area contributed by atoms with Gasteiger partial charge in [-0.2, -0.15) is 5.10 Å². The number of aromatic nitrogens is 3. The highest BCUT2D eigenvalue weighted by molar-refractivity contribution is 7.11. The molecule has 2 aromatic heterocycles. The molecule has 0 aliphatic rings. The van der Waals surface area contributed by atoms with Crippen molar-refractivity contribution in [3.05, 3.63) is 33.5 Å². The molecule has 0 aliphatic heterocycles. The van der Waals surface area contributed by atoms with Crippen LogP contribution >= 0.6 is 11.3 Å². The second-order valence-corrected chi connectivity index (χ2v) is 5.71. The number of thiazole rings is 1. The van der Waals surface area contributed by atoms with E-state index in [0.717, 1.165) is 42.6 Å². The van der Waals surface area contributed by atoms with E-state index in [0.29, 0.717) is 0 Å². The molecule has 1 N–H and O–H groups in total. The first-order valence-corrected chi connectivity index (χ1v) is 7.15. The number of methoxy groups -OCH3 is 1. The average Bonchev–Trinajstić information content (AvgIpc) is 2.94. The predicted octanol–water partition coefficient (Wildman–Crippen LogP) is 1.74. The van der Waals surface area contributed by atoms with E-state index in [1.165, 1.54) is 4.88 Å². The van der Waals surface area contributed by atoms with Gasteiger partial charge in [0.15, 0.2) is 0 Å². The Balaban J connectivity index is 1.86. The molecule has 2 aromatic rings. The Labute approximate surface area is 117 Å². The van der Waals surface area contributed by atoms with Crippen LogP contribution in [0.25, 0.3) is 0 Å². The van der Waals surface area contributed by atoms with Gasteiger partial charge in [0.1, 0.15) is 5.01 Å². The molecule has 0 bridgehead atoms. The minimum absolute atomic E-state index is 0.721. The molecule has 0 saturated carbocycles. The molecule has 2 heterocycles. The molecule has 0 aliphatic carbocycles. The second kappa shape index (κ2) is 6.79. The molecule has 104 valence electrons. The van der Waals surface area contributed by atoms with E-state index in [9.17, 15) is 0 Å². The van der Waals surface area contributed by atoms with Gasteiger partial charge in [0.05, 0.1) is 24.5 Å². The number of nitrogens with zero attached hydrogens (tertiary/aromatic N) is 3. The van der Waals surface area contributed by atoms with Crippen molar-refractivity contribution in [2.24, 2.45) is 0 Å². The summed E-state index contributed by atoms with van der Waals surface area (Å²) >= 11 is 1.74. The van der Waals surface area contributed by atoms with Gasteiger partial charge in [-0.3, -0.25) is 4.68 Å². The second-order valence-electron chi connectivity index (χ2n) is 4.42. The van der Waals surface area contributed by atoms with Gasteiger partial charge in [-0.25, -0.2) is 4.98 Å². The van der Waals surface area contributed by atoms with Crippen LogP contribution in [0, 0.1) is 13.8 Å². The standard InChI is InChI=1S/C13H20N4OS/c1-10-11(2)19-13(15-10)9-17-6-4-12(16-17)8-14-5-7-18-3/h4,6,14H,5,7-9H2,1-3H3. The molecular formula is C13H20N4OS. The monoisotopic (exact) mass is 280 g/mol. The Hall–Kier alpha value is -1.24. The van der Waals surface area contributed by atoms with Gasteiger partial charge in [0, 0.05) is 31.3 Å². The fourth-order valence-corrected chi connectivity index (χ4v) is 2.65. The first-order chi connectivity index (χ1) is 9.19. The molecule has 0 saturated heterocycles. The van der Waals surface area contributed by atoms with E-state index in [2.05, 4.69) is 22.3 Å². The molecule has 5 nitrogen and oxygen atoms in total. The van der Waals surface area contributed by atoms with Crippen LogP contribution in [0.4, 0.5) is 0 Å². The van der Waals surface area contributed by atoms with Crippen molar-refractivity contribution >= 4 is 11.3 Å². The zero-order valence-electron chi connectivity index (χ0n) is 11.6. The lowest BCUT2D eigenvalue weighted by Gasteiger charge is -2.01. The number of hydrogen-bond acceptors (Lipinski definition) is 5. The van der Waals surface area contributed by atoms with Crippen LogP contribution in [0.5, 0.6) is 0 Å². The maximum absolute atomic E-state index is 4.98. The van der Waals surface area contributed by atoms with Gasteiger partial charge in [0.25, 0.3) is 0 Å². The summed E-state index contributed by atoms with van der Waals surface area (Å²) in [6, 6.07) is 2.03. The number of hydrogen-bond donors (Lipinski definition) is 1. The molecule has 2 rings (SSSR count). The van der Waals surface area contributed by atoms with Gasteiger partial charge < -0.3 is 10.1 Å². The third-order valence-corrected chi connectivity index (χ3v) is 3.91. The molecule has 0 fully saturated rings. The Morgan fingerprint density at radius 1 is 1.42 bits per heavy atom. The Kier molecular flexibility index (Phi) is 5.07. The lowest BCUT2D eigenvalue weighted by Crippen LogP contribution is -2.19. The minimum Gasteiger partial charge on any atom is -0.383 e. The molecule has 0 radical (unpaired) electrons. The normalized spacial score (nSPS) is 11.1. The summed E-state index contributed by atoms with van der Waals surface area (Å²) in [6.45, 7) is 7.23. The van der Waals surface area contributed by atoms with Crippen molar-refractivity contribution in [1.82, 2.24) is 20.1 Å². The number of nitrogens with one attached hydrogen (secondary N) is 1. The lowest BCUT2D eigenvalue weighted by atomic mass is 10.4. The predicted molar refractivity (Wildman–Crippen MR) is 76.5 cm³/mol. The van der Waals surface area contributed by atoms with Crippen LogP contribution in [-0.2, 0) is 17.8 Å². The number of rotatable bonds is 7. The Bertz CT molecular complexity index is 501. The van der Waals surface area contributed by atoms with Crippen molar-refractivity contribution in [1.29, 1.82) is 0 Å². The van der Waals surface area contributed by atoms with E-state index in [1.807, 2.05) is 23.9 Å². The van der Waals surface area contributed by atoms with Gasteiger partial charge in [-0.15, -0.1) is 11.3 Å². The van der Waals surface area contributed by atoms with Crippen molar-refractivity contribution < 1.29 is 4.74 Å². The van der Waals surface area contributed by atoms with Crippen LogP contribution < -0.4 is 5.32 Å². The Morgan fingerprint density at radius 3 is 2.95 bits per heavy atom. The van der Waals surface area contributed by atoms with Crippen LogP contribution in [0.3, 0.4) is 0 Å². The molecule has 0 aromatic carbocycles. The summed E-state index contributed by atoms with van der Waals surface area (Å²) in [4.78, 5) is 5.81. The maximum Gasteiger partial charge on any atom is 0.115 e. The summed E-state index contributed by atoms with van der Waals surface area (Å²) in [7, 11) is 1.70. The first-order valence-electron chi connectivity index (χ1n) is 6.34. The number of aryl methyl sites for hydroxylation is 2. The van der Waals surface area contributed by atoms with Crippen molar-refractivity contribution in [2.75, 3.05) is 20.3 Å². The van der Waals surface area contributed by atoms with Gasteiger partial charge in [-0.05, 0) is 19.9 Å². The minimum atomic E-state index is 0.721. The summed E-state index contributed by atoms with van der Waals surface area (Å²) in [5, 5.41) is 8.91. The largest absolute Gasteiger partial charge is 0.383 e. The van der Waals surface area contributed by atoms with Gasteiger partial charge >= 0.3 is 0 Å². The van der Waals surface area contributed by atoms with Crippen molar-refractivity contribution in [3.8, 4) is 0 Å². The third kappa shape index (κ3) is 4.12. The molecule has 0 unspecified atom stereocenters. The lowest BCUT2D eigenvalue weighted by molar-refractivity contribution is 0.199. The van der Waals surface area contributed by atoms with E-state index in [4.69, 9.17) is 4.74 Å². The number of ether oxygens (including phenoxy) is 1. The molecule has 6 heteroatoms. The SMILES string of the molecule is COCCNCc1ccn(Cc2nc(C)c(C)s2)n1. The van der Waals surface area contributed by atoms with Gasteiger partial charge in [0.2, 0.25) is 0 Å². The van der Waals surface area contributed by atoms with Crippen LogP contribution in [-0.4, -0.2) is 35.0 Å². The maximum atomic E-state index is 4.98. The summed E-state index contributed by atoms with van der Waals surface area (Å²) in [5.74, 6) is 0. The fourth-order valence-electron chi connectivity index (χ4n) is 1.72.